The Morgan fingerprint density at radius 3 is 2.81 bits per heavy atom. The SMILES string of the molecule is CC1=CSCC(=O)N1CCN1CCNCC1. The van der Waals surface area contributed by atoms with Crippen molar-refractivity contribution >= 4 is 17.7 Å². The summed E-state index contributed by atoms with van der Waals surface area (Å²) in [4.78, 5) is 16.0. The van der Waals surface area contributed by atoms with Crippen molar-refractivity contribution in [2.24, 2.45) is 0 Å². The van der Waals surface area contributed by atoms with Gasteiger partial charge in [0, 0.05) is 45.0 Å². The number of allylic oxidation sites excluding steroid dienone is 1. The summed E-state index contributed by atoms with van der Waals surface area (Å²) in [6, 6.07) is 0. The lowest BCUT2D eigenvalue weighted by Crippen LogP contribution is -2.47. The van der Waals surface area contributed by atoms with Crippen LogP contribution in [0, 0.1) is 0 Å². The van der Waals surface area contributed by atoms with E-state index in [2.05, 4.69) is 15.6 Å². The van der Waals surface area contributed by atoms with Gasteiger partial charge in [-0.1, -0.05) is 0 Å². The number of hydrogen-bond acceptors (Lipinski definition) is 4. The molecular formula is C11H19N3OS. The fourth-order valence-corrected chi connectivity index (χ4v) is 2.80. The summed E-state index contributed by atoms with van der Waals surface area (Å²) in [7, 11) is 0. The molecule has 0 bridgehead atoms. The van der Waals surface area contributed by atoms with Crippen molar-refractivity contribution in [2.75, 3.05) is 45.0 Å². The zero-order valence-corrected chi connectivity index (χ0v) is 10.6. The average Bonchev–Trinajstić information content (AvgIpc) is 2.30. The molecule has 0 atom stereocenters. The highest BCUT2D eigenvalue weighted by atomic mass is 32.2. The molecule has 16 heavy (non-hydrogen) atoms. The van der Waals surface area contributed by atoms with Crippen LogP contribution in [0.1, 0.15) is 6.92 Å². The van der Waals surface area contributed by atoms with Crippen molar-refractivity contribution in [1.82, 2.24) is 15.1 Å². The molecule has 5 heteroatoms. The second-order valence-electron chi connectivity index (χ2n) is 4.21. The van der Waals surface area contributed by atoms with Gasteiger partial charge in [-0.2, -0.15) is 0 Å². The molecule has 2 aliphatic heterocycles. The van der Waals surface area contributed by atoms with Crippen LogP contribution >= 0.6 is 11.8 Å². The molecule has 2 aliphatic rings. The first-order valence-electron chi connectivity index (χ1n) is 5.79. The minimum Gasteiger partial charge on any atom is -0.314 e. The highest BCUT2D eigenvalue weighted by Crippen LogP contribution is 2.18. The van der Waals surface area contributed by atoms with Gasteiger partial charge < -0.3 is 10.2 Å². The molecule has 2 heterocycles. The van der Waals surface area contributed by atoms with Crippen molar-refractivity contribution in [3.8, 4) is 0 Å². The van der Waals surface area contributed by atoms with Crippen LogP contribution in [0.4, 0.5) is 0 Å². The van der Waals surface area contributed by atoms with E-state index in [1.807, 2.05) is 11.8 Å². The maximum atomic E-state index is 11.7. The second kappa shape index (κ2) is 5.70. The molecular weight excluding hydrogens is 222 g/mol. The van der Waals surface area contributed by atoms with E-state index < -0.39 is 0 Å². The van der Waals surface area contributed by atoms with Gasteiger partial charge in [-0.3, -0.25) is 9.69 Å². The number of thioether (sulfide) groups is 1. The van der Waals surface area contributed by atoms with Gasteiger partial charge in [0.15, 0.2) is 0 Å². The number of carbonyl (C=O) groups excluding carboxylic acids is 1. The Bertz CT molecular complexity index is 287. The summed E-state index contributed by atoms with van der Waals surface area (Å²) in [5.41, 5.74) is 1.09. The summed E-state index contributed by atoms with van der Waals surface area (Å²) in [5.74, 6) is 0.846. The number of piperazine rings is 1. The Labute approximate surface area is 101 Å². The first-order chi connectivity index (χ1) is 7.77. The average molecular weight is 241 g/mol. The quantitative estimate of drug-likeness (QED) is 0.772. The van der Waals surface area contributed by atoms with Gasteiger partial charge in [-0.05, 0) is 12.3 Å². The summed E-state index contributed by atoms with van der Waals surface area (Å²) >= 11 is 1.60. The summed E-state index contributed by atoms with van der Waals surface area (Å²) in [5, 5.41) is 5.42. The first kappa shape index (κ1) is 12.0. The van der Waals surface area contributed by atoms with Gasteiger partial charge in [0.2, 0.25) is 5.91 Å². The smallest absolute Gasteiger partial charge is 0.237 e. The molecule has 0 aromatic carbocycles. The monoisotopic (exact) mass is 241 g/mol. The molecule has 0 aromatic heterocycles. The van der Waals surface area contributed by atoms with Crippen LogP contribution in [-0.4, -0.2) is 60.7 Å². The van der Waals surface area contributed by atoms with Crippen LogP contribution in [0.5, 0.6) is 0 Å². The van der Waals surface area contributed by atoms with E-state index in [4.69, 9.17) is 0 Å². The molecule has 0 radical (unpaired) electrons. The summed E-state index contributed by atoms with van der Waals surface area (Å²) in [6.45, 7) is 8.17. The van der Waals surface area contributed by atoms with Gasteiger partial charge in [-0.15, -0.1) is 11.8 Å². The third kappa shape index (κ3) is 2.99. The van der Waals surface area contributed by atoms with Gasteiger partial charge >= 0.3 is 0 Å². The number of carbonyl (C=O) groups is 1. The molecule has 0 spiro atoms. The van der Waals surface area contributed by atoms with Gasteiger partial charge in [0.25, 0.3) is 0 Å². The molecule has 0 aromatic rings. The number of hydrogen-bond donors (Lipinski definition) is 1. The Hall–Kier alpha value is -0.520. The van der Waals surface area contributed by atoms with Crippen molar-refractivity contribution in [2.45, 2.75) is 6.92 Å². The summed E-state index contributed by atoms with van der Waals surface area (Å²) in [6.07, 6.45) is 0. The lowest BCUT2D eigenvalue weighted by molar-refractivity contribution is -0.126. The highest BCUT2D eigenvalue weighted by molar-refractivity contribution is 8.02. The fraction of sp³-hybridized carbons (Fsp3) is 0.727. The lowest BCUT2D eigenvalue weighted by atomic mass is 10.3. The largest absolute Gasteiger partial charge is 0.314 e. The third-order valence-electron chi connectivity index (χ3n) is 3.04. The highest BCUT2D eigenvalue weighted by Gasteiger charge is 2.20. The van der Waals surface area contributed by atoms with Crippen molar-refractivity contribution in [3.05, 3.63) is 11.1 Å². The van der Waals surface area contributed by atoms with E-state index in [-0.39, 0.29) is 5.91 Å². The molecule has 1 saturated heterocycles. The Morgan fingerprint density at radius 1 is 1.38 bits per heavy atom. The van der Waals surface area contributed by atoms with Crippen LogP contribution in [0.3, 0.4) is 0 Å². The van der Waals surface area contributed by atoms with E-state index in [9.17, 15) is 4.79 Å². The van der Waals surface area contributed by atoms with E-state index >= 15 is 0 Å². The zero-order valence-electron chi connectivity index (χ0n) is 9.74. The lowest BCUT2D eigenvalue weighted by Gasteiger charge is -2.31. The number of rotatable bonds is 3. The van der Waals surface area contributed by atoms with E-state index in [0.29, 0.717) is 5.75 Å². The van der Waals surface area contributed by atoms with Crippen molar-refractivity contribution in [3.63, 3.8) is 0 Å². The normalized spacial score (nSPS) is 23.4. The van der Waals surface area contributed by atoms with Crippen LogP contribution in [-0.2, 0) is 4.79 Å². The van der Waals surface area contributed by atoms with E-state index in [1.54, 1.807) is 11.8 Å². The molecule has 1 amide bonds. The molecule has 1 fully saturated rings. The summed E-state index contributed by atoms with van der Waals surface area (Å²) < 4.78 is 0. The predicted octanol–water partition coefficient (Wildman–Crippen LogP) is 0.328. The number of nitrogens with one attached hydrogen (secondary N) is 1. The third-order valence-corrected chi connectivity index (χ3v) is 3.96. The van der Waals surface area contributed by atoms with Crippen molar-refractivity contribution < 1.29 is 4.79 Å². The van der Waals surface area contributed by atoms with Crippen LogP contribution in [0.2, 0.25) is 0 Å². The zero-order chi connectivity index (χ0) is 11.4. The molecule has 4 nitrogen and oxygen atoms in total. The van der Waals surface area contributed by atoms with Crippen molar-refractivity contribution in [1.29, 1.82) is 0 Å². The number of amides is 1. The van der Waals surface area contributed by atoms with E-state index in [0.717, 1.165) is 45.0 Å². The minimum absolute atomic E-state index is 0.250. The maximum absolute atomic E-state index is 11.7. The predicted molar refractivity (Wildman–Crippen MR) is 67.2 cm³/mol. The topological polar surface area (TPSA) is 35.6 Å². The molecule has 2 rings (SSSR count). The first-order valence-corrected chi connectivity index (χ1v) is 6.84. The van der Waals surface area contributed by atoms with Gasteiger partial charge in [-0.25, -0.2) is 0 Å². The van der Waals surface area contributed by atoms with Crippen LogP contribution in [0.15, 0.2) is 11.1 Å². The molecule has 0 unspecified atom stereocenters. The Balaban J connectivity index is 1.81. The minimum atomic E-state index is 0.250. The number of nitrogens with zero attached hydrogens (tertiary/aromatic N) is 2. The van der Waals surface area contributed by atoms with Gasteiger partial charge in [0.1, 0.15) is 0 Å². The molecule has 0 aliphatic carbocycles. The fourth-order valence-electron chi connectivity index (χ4n) is 2.05. The van der Waals surface area contributed by atoms with Crippen LogP contribution in [0.25, 0.3) is 0 Å². The van der Waals surface area contributed by atoms with Crippen LogP contribution < -0.4 is 5.32 Å². The molecule has 1 N–H and O–H groups in total. The van der Waals surface area contributed by atoms with E-state index in [1.165, 1.54) is 0 Å². The Kier molecular flexibility index (Phi) is 4.26. The molecule has 90 valence electrons. The maximum Gasteiger partial charge on any atom is 0.237 e. The Morgan fingerprint density at radius 2 is 2.12 bits per heavy atom. The molecule has 0 saturated carbocycles. The standard InChI is InChI=1S/C11H19N3OS/c1-10-8-16-9-11(15)14(10)7-6-13-4-2-12-3-5-13/h8,12H,2-7,9H2,1H3. The van der Waals surface area contributed by atoms with Gasteiger partial charge in [0.05, 0.1) is 5.75 Å². The second-order valence-corrected chi connectivity index (χ2v) is 5.06.